The highest BCUT2D eigenvalue weighted by molar-refractivity contribution is 5.91. The highest BCUT2D eigenvalue weighted by Crippen LogP contribution is 2.26. The van der Waals surface area contributed by atoms with Gasteiger partial charge in [0.25, 0.3) is 0 Å². The minimum Gasteiger partial charge on any atom is -0.505 e. The van der Waals surface area contributed by atoms with Crippen LogP contribution < -0.4 is 0 Å². The summed E-state index contributed by atoms with van der Waals surface area (Å²) >= 11 is 0. The van der Waals surface area contributed by atoms with Gasteiger partial charge in [0.05, 0.1) is 12.1 Å². The molecule has 0 amide bonds. The largest absolute Gasteiger partial charge is 0.505 e. The number of nitrogens with zero attached hydrogens (tertiary/aromatic N) is 1. The van der Waals surface area contributed by atoms with Gasteiger partial charge in [0, 0.05) is 17.1 Å². The SMILES string of the molecule is CCOC(=O)n1c(C)cc2cc(O)c(F)cc21. The lowest BCUT2D eigenvalue weighted by Gasteiger charge is -2.06. The second-order valence-corrected chi connectivity index (χ2v) is 3.68. The van der Waals surface area contributed by atoms with Gasteiger partial charge in [-0.3, -0.25) is 0 Å². The van der Waals surface area contributed by atoms with E-state index in [4.69, 9.17) is 4.74 Å². The first-order valence-electron chi connectivity index (χ1n) is 5.22. The van der Waals surface area contributed by atoms with E-state index in [1.165, 1.54) is 10.6 Å². The summed E-state index contributed by atoms with van der Waals surface area (Å²) in [5.74, 6) is -1.19. The molecule has 0 fully saturated rings. The summed E-state index contributed by atoms with van der Waals surface area (Å²) in [6, 6.07) is 4.09. The summed E-state index contributed by atoms with van der Waals surface area (Å²) < 4.78 is 19.4. The van der Waals surface area contributed by atoms with E-state index in [1.54, 1.807) is 19.9 Å². The molecule has 0 atom stereocenters. The molecular formula is C12H12FNO3. The lowest BCUT2D eigenvalue weighted by atomic mass is 10.2. The fraction of sp³-hybridized carbons (Fsp3) is 0.250. The van der Waals surface area contributed by atoms with Crippen molar-refractivity contribution in [2.45, 2.75) is 13.8 Å². The Kier molecular flexibility index (Phi) is 2.75. The quantitative estimate of drug-likeness (QED) is 0.829. The Hall–Kier alpha value is -2.04. The van der Waals surface area contributed by atoms with Gasteiger partial charge < -0.3 is 9.84 Å². The Morgan fingerprint density at radius 3 is 2.82 bits per heavy atom. The Morgan fingerprint density at radius 1 is 1.47 bits per heavy atom. The number of aromatic nitrogens is 1. The van der Waals surface area contributed by atoms with Gasteiger partial charge in [-0.1, -0.05) is 0 Å². The van der Waals surface area contributed by atoms with Crippen molar-refractivity contribution < 1.29 is 19.0 Å². The van der Waals surface area contributed by atoms with E-state index in [0.29, 0.717) is 16.6 Å². The zero-order valence-corrected chi connectivity index (χ0v) is 9.53. The maximum Gasteiger partial charge on any atom is 0.418 e. The van der Waals surface area contributed by atoms with Crippen molar-refractivity contribution in [1.29, 1.82) is 0 Å². The number of benzene rings is 1. The number of rotatable bonds is 1. The number of phenolic OH excluding ortho intramolecular Hbond substituents is 1. The van der Waals surface area contributed by atoms with E-state index >= 15 is 0 Å². The predicted octanol–water partition coefficient (Wildman–Crippen LogP) is 2.80. The summed E-state index contributed by atoms with van der Waals surface area (Å²) in [5.41, 5.74) is 1.01. The number of hydrogen-bond acceptors (Lipinski definition) is 3. The third-order valence-corrected chi connectivity index (χ3v) is 2.50. The molecule has 0 spiro atoms. The topological polar surface area (TPSA) is 51.5 Å². The molecule has 1 aromatic carbocycles. The van der Waals surface area contributed by atoms with Crippen LogP contribution in [0.25, 0.3) is 10.9 Å². The zero-order chi connectivity index (χ0) is 12.6. The first-order valence-corrected chi connectivity index (χ1v) is 5.22. The third-order valence-electron chi connectivity index (χ3n) is 2.50. The Morgan fingerprint density at radius 2 is 2.18 bits per heavy atom. The van der Waals surface area contributed by atoms with Crippen LogP contribution in [0, 0.1) is 12.7 Å². The van der Waals surface area contributed by atoms with Gasteiger partial charge >= 0.3 is 6.09 Å². The number of halogens is 1. The van der Waals surface area contributed by atoms with Crippen molar-refractivity contribution in [3.05, 3.63) is 29.7 Å². The molecule has 0 aliphatic carbocycles. The first kappa shape index (κ1) is 11.4. The van der Waals surface area contributed by atoms with Crippen LogP contribution in [0.1, 0.15) is 12.6 Å². The second-order valence-electron chi connectivity index (χ2n) is 3.68. The Bertz CT molecular complexity index is 589. The molecule has 5 heteroatoms. The third kappa shape index (κ3) is 1.84. The van der Waals surface area contributed by atoms with E-state index in [1.807, 2.05) is 0 Å². The Labute approximate surface area is 97.2 Å². The van der Waals surface area contributed by atoms with E-state index in [-0.39, 0.29) is 6.61 Å². The van der Waals surface area contributed by atoms with Crippen molar-refractivity contribution in [1.82, 2.24) is 4.57 Å². The summed E-state index contributed by atoms with van der Waals surface area (Å²) in [6.07, 6.45) is -0.551. The molecule has 1 aromatic heterocycles. The molecule has 0 unspecified atom stereocenters. The van der Waals surface area contributed by atoms with Crippen LogP contribution in [0.2, 0.25) is 0 Å². The molecule has 0 aliphatic heterocycles. The van der Waals surface area contributed by atoms with Crippen molar-refractivity contribution in [3.63, 3.8) is 0 Å². The average Bonchev–Trinajstić information content (AvgIpc) is 2.55. The van der Waals surface area contributed by atoms with Gasteiger partial charge in [-0.2, -0.15) is 0 Å². The fourth-order valence-corrected chi connectivity index (χ4v) is 1.79. The number of hydrogen-bond donors (Lipinski definition) is 1. The van der Waals surface area contributed by atoms with Gasteiger partial charge in [0.1, 0.15) is 0 Å². The summed E-state index contributed by atoms with van der Waals surface area (Å²) in [7, 11) is 0. The molecular weight excluding hydrogens is 225 g/mol. The zero-order valence-electron chi connectivity index (χ0n) is 9.53. The van der Waals surface area contributed by atoms with E-state index in [2.05, 4.69) is 0 Å². The standard InChI is InChI=1S/C12H12FNO3/c1-3-17-12(16)14-7(2)4-8-5-11(15)9(13)6-10(8)14/h4-6,15H,3H2,1-2H3. The van der Waals surface area contributed by atoms with E-state index in [0.717, 1.165) is 6.07 Å². The highest BCUT2D eigenvalue weighted by Gasteiger charge is 2.15. The van der Waals surface area contributed by atoms with Gasteiger partial charge in [0.2, 0.25) is 0 Å². The first-order chi connectivity index (χ1) is 8.04. The number of fused-ring (bicyclic) bond motifs is 1. The number of aryl methyl sites for hydroxylation is 1. The number of carbonyl (C=O) groups is 1. The minimum atomic E-state index is -0.763. The van der Waals surface area contributed by atoms with E-state index in [9.17, 15) is 14.3 Å². The van der Waals surface area contributed by atoms with Crippen LogP contribution in [-0.2, 0) is 4.74 Å². The maximum atomic E-state index is 13.3. The van der Waals surface area contributed by atoms with Crippen molar-refractivity contribution in [2.75, 3.05) is 6.61 Å². The normalized spacial score (nSPS) is 10.8. The summed E-state index contributed by atoms with van der Waals surface area (Å²) in [6.45, 7) is 3.66. The minimum absolute atomic E-state index is 0.249. The van der Waals surface area contributed by atoms with Gasteiger partial charge in [-0.05, 0) is 26.0 Å². The molecule has 1 heterocycles. The molecule has 2 aromatic rings. The molecule has 90 valence electrons. The lowest BCUT2D eigenvalue weighted by Crippen LogP contribution is -2.14. The van der Waals surface area contributed by atoms with E-state index < -0.39 is 17.7 Å². The maximum absolute atomic E-state index is 13.3. The lowest BCUT2D eigenvalue weighted by molar-refractivity contribution is 0.154. The van der Waals surface area contributed by atoms with Crippen LogP contribution in [0.3, 0.4) is 0 Å². The molecule has 0 saturated carbocycles. The molecule has 1 N–H and O–H groups in total. The van der Waals surface area contributed by atoms with Gasteiger partial charge in [0.15, 0.2) is 11.6 Å². The molecule has 17 heavy (non-hydrogen) atoms. The van der Waals surface area contributed by atoms with Crippen molar-refractivity contribution >= 4 is 17.0 Å². The highest BCUT2D eigenvalue weighted by atomic mass is 19.1. The van der Waals surface area contributed by atoms with Gasteiger partial charge in [-0.25, -0.2) is 13.8 Å². The van der Waals surface area contributed by atoms with Crippen LogP contribution in [0.4, 0.5) is 9.18 Å². The molecule has 0 bridgehead atoms. The Balaban J connectivity index is 2.66. The fourth-order valence-electron chi connectivity index (χ4n) is 1.79. The van der Waals surface area contributed by atoms with Crippen molar-refractivity contribution in [3.8, 4) is 5.75 Å². The predicted molar refractivity (Wildman–Crippen MR) is 60.7 cm³/mol. The number of ether oxygens (including phenoxy) is 1. The van der Waals surface area contributed by atoms with Crippen LogP contribution >= 0.6 is 0 Å². The monoisotopic (exact) mass is 237 g/mol. The number of phenols is 1. The second kappa shape index (κ2) is 4.08. The number of carbonyl (C=O) groups excluding carboxylic acids is 1. The molecule has 4 nitrogen and oxygen atoms in total. The molecule has 0 saturated heterocycles. The smallest absolute Gasteiger partial charge is 0.418 e. The average molecular weight is 237 g/mol. The van der Waals surface area contributed by atoms with Crippen molar-refractivity contribution in [2.24, 2.45) is 0 Å². The van der Waals surface area contributed by atoms with Crippen LogP contribution in [0.5, 0.6) is 5.75 Å². The molecule has 2 rings (SSSR count). The summed E-state index contributed by atoms with van der Waals surface area (Å²) in [4.78, 5) is 11.7. The van der Waals surface area contributed by atoms with Crippen LogP contribution in [0.15, 0.2) is 18.2 Å². The molecule has 0 radical (unpaired) electrons. The van der Waals surface area contributed by atoms with Gasteiger partial charge in [-0.15, -0.1) is 0 Å². The molecule has 0 aliphatic rings. The van der Waals surface area contributed by atoms with Crippen LogP contribution in [-0.4, -0.2) is 22.4 Å². The number of aromatic hydroxyl groups is 1. The summed E-state index contributed by atoms with van der Waals surface area (Å²) in [5, 5.41) is 9.85.